The van der Waals surface area contributed by atoms with Crippen LogP contribution in [-0.2, 0) is 28.2 Å². The fourth-order valence-corrected chi connectivity index (χ4v) is 4.19. The zero-order chi connectivity index (χ0) is 30.4. The van der Waals surface area contributed by atoms with Crippen LogP contribution in [0.4, 0.5) is 0 Å². The monoisotopic (exact) mass is 598 g/mol. The van der Waals surface area contributed by atoms with E-state index in [1.54, 1.807) is 0 Å². The normalized spacial score (nSPS) is 13.2. The summed E-state index contributed by atoms with van der Waals surface area (Å²) in [7, 11) is -4.75. The lowest BCUT2D eigenvalue weighted by Gasteiger charge is -2.18. The minimum absolute atomic E-state index is 0.159. The highest BCUT2D eigenvalue weighted by atomic mass is 31.2. The van der Waals surface area contributed by atoms with Gasteiger partial charge >= 0.3 is 19.8 Å². The van der Waals surface area contributed by atoms with Crippen molar-refractivity contribution in [3.05, 3.63) is 48.6 Å². The van der Waals surface area contributed by atoms with Gasteiger partial charge in [0.05, 0.1) is 6.61 Å². The number of hydrogen-bond acceptors (Lipinski definition) is 6. The summed E-state index contributed by atoms with van der Waals surface area (Å²) in [6, 6.07) is 0. The lowest BCUT2D eigenvalue weighted by atomic mass is 10.1. The van der Waals surface area contributed by atoms with Gasteiger partial charge in [0.2, 0.25) is 0 Å². The molecule has 0 aromatic carbocycles. The Kier molecular flexibility index (Phi) is 26.8. The van der Waals surface area contributed by atoms with E-state index < -0.39 is 32.5 Å². The molecule has 0 bridgehead atoms. The van der Waals surface area contributed by atoms with Gasteiger partial charge in [-0.25, -0.2) is 4.57 Å². The summed E-state index contributed by atoms with van der Waals surface area (Å²) in [5, 5.41) is 0. The van der Waals surface area contributed by atoms with Gasteiger partial charge < -0.3 is 19.3 Å². The predicted molar refractivity (Wildman–Crippen MR) is 165 cm³/mol. The molecule has 1 unspecified atom stereocenters. The lowest BCUT2D eigenvalue weighted by Crippen LogP contribution is -2.29. The van der Waals surface area contributed by atoms with E-state index in [2.05, 4.69) is 67.0 Å². The maximum atomic E-state index is 12.2. The molecule has 0 rings (SSSR count). The van der Waals surface area contributed by atoms with Gasteiger partial charge in [-0.3, -0.25) is 14.1 Å². The largest absolute Gasteiger partial charge is 0.469 e. The maximum absolute atomic E-state index is 12.2. The Hall–Kier alpha value is -1.99. The molecule has 0 aliphatic rings. The van der Waals surface area contributed by atoms with Gasteiger partial charge in [0, 0.05) is 12.8 Å². The molecule has 0 heterocycles. The Bertz CT molecular complexity index is 813. The quantitative estimate of drug-likeness (QED) is 0.0418. The minimum Gasteiger partial charge on any atom is -0.462 e. The third-order valence-electron chi connectivity index (χ3n) is 6.11. The van der Waals surface area contributed by atoms with E-state index in [1.807, 2.05) is 0 Å². The molecule has 0 aromatic heterocycles. The molecule has 0 fully saturated rings. The molecule has 0 radical (unpaired) electrons. The second kappa shape index (κ2) is 28.1. The molecule has 9 heteroatoms. The second-order valence-electron chi connectivity index (χ2n) is 10.1. The molecule has 0 aliphatic heterocycles. The van der Waals surface area contributed by atoms with Gasteiger partial charge in [-0.1, -0.05) is 107 Å². The van der Waals surface area contributed by atoms with E-state index in [-0.39, 0.29) is 19.4 Å². The Balaban J connectivity index is 4.15. The fraction of sp³-hybridized carbons (Fsp3) is 0.688. The van der Waals surface area contributed by atoms with Gasteiger partial charge in [-0.05, 0) is 51.4 Å². The van der Waals surface area contributed by atoms with Crippen LogP contribution in [0.3, 0.4) is 0 Å². The molecular formula is C32H55O8P. The van der Waals surface area contributed by atoms with Crippen LogP contribution >= 0.6 is 7.82 Å². The summed E-state index contributed by atoms with van der Waals surface area (Å²) in [5.41, 5.74) is 0. The summed E-state index contributed by atoms with van der Waals surface area (Å²) in [6.07, 6.45) is 31.4. The van der Waals surface area contributed by atoms with E-state index in [0.717, 1.165) is 64.2 Å². The van der Waals surface area contributed by atoms with Crippen LogP contribution in [0, 0.1) is 0 Å². The van der Waals surface area contributed by atoms with Crippen molar-refractivity contribution in [2.45, 2.75) is 129 Å². The first kappa shape index (κ1) is 39.0. The molecular weight excluding hydrogens is 543 g/mol. The van der Waals surface area contributed by atoms with E-state index >= 15 is 0 Å². The highest BCUT2D eigenvalue weighted by Crippen LogP contribution is 2.35. The number of carbonyl (C=O) groups is 2. The lowest BCUT2D eigenvalue weighted by molar-refractivity contribution is -0.161. The van der Waals surface area contributed by atoms with Gasteiger partial charge in [0.25, 0.3) is 0 Å². The molecule has 0 aromatic rings. The van der Waals surface area contributed by atoms with E-state index in [9.17, 15) is 14.2 Å². The number of phosphoric ester groups is 1. The number of phosphoric acid groups is 1. The molecule has 0 saturated carbocycles. The summed E-state index contributed by atoms with van der Waals surface area (Å²) in [4.78, 5) is 42.3. The average Bonchev–Trinajstić information content (AvgIpc) is 2.93. The highest BCUT2D eigenvalue weighted by Gasteiger charge is 2.22. The molecule has 1 atom stereocenters. The van der Waals surface area contributed by atoms with Crippen molar-refractivity contribution >= 4 is 19.8 Å². The second-order valence-corrected chi connectivity index (χ2v) is 11.3. The first-order chi connectivity index (χ1) is 19.8. The van der Waals surface area contributed by atoms with Crippen molar-refractivity contribution in [3.63, 3.8) is 0 Å². The van der Waals surface area contributed by atoms with Crippen LogP contribution in [0.25, 0.3) is 0 Å². The summed E-state index contributed by atoms with van der Waals surface area (Å²) >= 11 is 0. The number of rotatable bonds is 27. The molecule has 8 nitrogen and oxygen atoms in total. The SMILES string of the molecule is CC/C=C\C/C=C\C/C=C\C/C=C\CCCCC(=O)OC(COC(=O)CCCCCCCCCC)COP(=O)(O)O. The molecule has 0 aliphatic carbocycles. The molecule has 236 valence electrons. The number of allylic oxidation sites excluding steroid dienone is 8. The first-order valence-corrected chi connectivity index (χ1v) is 17.0. The maximum Gasteiger partial charge on any atom is 0.469 e. The molecule has 0 amide bonds. The molecule has 0 spiro atoms. The van der Waals surface area contributed by atoms with Gasteiger partial charge in [-0.2, -0.15) is 0 Å². The van der Waals surface area contributed by atoms with Crippen molar-refractivity contribution in [1.82, 2.24) is 0 Å². The Morgan fingerprint density at radius 3 is 1.76 bits per heavy atom. The minimum atomic E-state index is -4.75. The summed E-state index contributed by atoms with van der Waals surface area (Å²) in [6.45, 7) is 3.45. The topological polar surface area (TPSA) is 119 Å². The van der Waals surface area contributed by atoms with Gasteiger partial charge in [-0.15, -0.1) is 0 Å². The standard InChI is InChI=1S/C32H55O8P/c1-3-5-7-9-11-13-14-15-16-17-18-19-21-23-25-27-32(34)40-30(29-39-41(35,36)37)28-38-31(33)26-24-22-20-12-10-8-6-4-2/h5,7,11,13,15-16,18-19,30H,3-4,6,8-10,12,14,17,20-29H2,1-2H3,(H2,35,36,37)/b7-5-,13-11-,16-15-,19-18-. The smallest absolute Gasteiger partial charge is 0.462 e. The zero-order valence-corrected chi connectivity index (χ0v) is 26.3. The highest BCUT2D eigenvalue weighted by molar-refractivity contribution is 7.46. The van der Waals surface area contributed by atoms with Crippen LogP contribution < -0.4 is 0 Å². The Morgan fingerprint density at radius 1 is 0.659 bits per heavy atom. The van der Waals surface area contributed by atoms with Crippen LogP contribution in [0.2, 0.25) is 0 Å². The van der Waals surface area contributed by atoms with Crippen molar-refractivity contribution in [2.24, 2.45) is 0 Å². The van der Waals surface area contributed by atoms with Crippen LogP contribution in [0.15, 0.2) is 48.6 Å². The first-order valence-electron chi connectivity index (χ1n) is 15.4. The molecule has 41 heavy (non-hydrogen) atoms. The summed E-state index contributed by atoms with van der Waals surface area (Å²) < 4.78 is 26.0. The number of esters is 2. The number of ether oxygens (including phenoxy) is 2. The Labute approximate surface area is 248 Å². The average molecular weight is 599 g/mol. The van der Waals surface area contributed by atoms with Crippen LogP contribution in [0.1, 0.15) is 123 Å². The van der Waals surface area contributed by atoms with E-state index in [1.165, 1.54) is 25.7 Å². The van der Waals surface area contributed by atoms with Crippen molar-refractivity contribution < 1.29 is 37.9 Å². The fourth-order valence-electron chi connectivity index (χ4n) is 3.83. The van der Waals surface area contributed by atoms with Crippen molar-refractivity contribution in [2.75, 3.05) is 13.2 Å². The zero-order valence-electron chi connectivity index (χ0n) is 25.4. The third kappa shape index (κ3) is 30.8. The van der Waals surface area contributed by atoms with Crippen LogP contribution in [0.5, 0.6) is 0 Å². The van der Waals surface area contributed by atoms with Gasteiger partial charge in [0.15, 0.2) is 6.10 Å². The number of hydrogen-bond donors (Lipinski definition) is 2. The van der Waals surface area contributed by atoms with Crippen molar-refractivity contribution in [1.29, 1.82) is 0 Å². The number of unbranched alkanes of at least 4 members (excludes halogenated alkanes) is 9. The Morgan fingerprint density at radius 2 is 1.17 bits per heavy atom. The summed E-state index contributed by atoms with van der Waals surface area (Å²) in [5.74, 6) is -0.945. The molecule has 2 N–H and O–H groups in total. The van der Waals surface area contributed by atoms with E-state index in [0.29, 0.717) is 6.42 Å². The van der Waals surface area contributed by atoms with Crippen molar-refractivity contribution in [3.8, 4) is 0 Å². The van der Waals surface area contributed by atoms with Gasteiger partial charge in [0.1, 0.15) is 6.61 Å². The third-order valence-corrected chi connectivity index (χ3v) is 6.60. The van der Waals surface area contributed by atoms with E-state index in [4.69, 9.17) is 19.3 Å². The molecule has 0 saturated heterocycles. The van der Waals surface area contributed by atoms with Crippen LogP contribution in [-0.4, -0.2) is 41.0 Å². The predicted octanol–water partition coefficient (Wildman–Crippen LogP) is 8.45. The number of carbonyl (C=O) groups excluding carboxylic acids is 2.